The van der Waals surface area contributed by atoms with Gasteiger partial charge in [0, 0.05) is 0 Å². The van der Waals surface area contributed by atoms with Crippen LogP contribution in [0.5, 0.6) is 0 Å². The van der Waals surface area contributed by atoms with Crippen LogP contribution in [-0.2, 0) is 0 Å². The summed E-state index contributed by atoms with van der Waals surface area (Å²) in [5.41, 5.74) is 2.45. The summed E-state index contributed by atoms with van der Waals surface area (Å²) in [6, 6.07) is 8.36. The van der Waals surface area contributed by atoms with Gasteiger partial charge in [0.25, 0.3) is 0 Å². The lowest BCUT2D eigenvalue weighted by Gasteiger charge is -2.01. The Bertz CT molecular complexity index is 262. The number of rotatable bonds is 2. The van der Waals surface area contributed by atoms with Crippen LogP contribution in [0.2, 0.25) is 0 Å². The molecule has 0 aliphatic carbocycles. The predicted octanol–water partition coefficient (Wildman–Crippen LogP) is 3.42. The maximum atomic E-state index is 5.23. The number of hydrogen-bond donors (Lipinski definition) is 0. The molecule has 1 rings (SSSR count). The summed E-state index contributed by atoms with van der Waals surface area (Å²) in [5, 5.41) is 0. The average Bonchev–Trinajstić information content (AvgIpc) is 2.06. The Morgan fingerprint density at radius 2 is 1.92 bits per heavy atom. The van der Waals surface area contributed by atoms with Crippen molar-refractivity contribution in [1.82, 2.24) is 0 Å². The first-order chi connectivity index (χ1) is 5.74. The molecule has 0 N–H and O–H groups in total. The Morgan fingerprint density at radius 1 is 1.33 bits per heavy atom. The van der Waals surface area contributed by atoms with Gasteiger partial charge in [0.2, 0.25) is 0 Å². The van der Waals surface area contributed by atoms with Crippen molar-refractivity contribution in [2.45, 2.75) is 13.8 Å². The second-order valence-electron chi connectivity index (χ2n) is 2.59. The monoisotopic (exact) mass is 196 g/mol. The molecule has 64 valence electrons. The molecular formula is C10H12S2. The fourth-order valence-corrected chi connectivity index (χ4v) is 1.96. The highest BCUT2D eigenvalue weighted by atomic mass is 32.2. The zero-order chi connectivity index (χ0) is 8.97. The van der Waals surface area contributed by atoms with E-state index in [4.69, 9.17) is 12.2 Å². The third-order valence-corrected chi connectivity index (χ3v) is 2.94. The van der Waals surface area contributed by atoms with Gasteiger partial charge in [-0.25, -0.2) is 0 Å². The van der Waals surface area contributed by atoms with Gasteiger partial charge in [-0.3, -0.25) is 0 Å². The minimum absolute atomic E-state index is 0.998. The Labute approximate surface area is 83.4 Å². The molecule has 0 aromatic heterocycles. The molecule has 0 unspecified atom stereocenters. The fourth-order valence-electron chi connectivity index (χ4n) is 0.904. The van der Waals surface area contributed by atoms with Crippen molar-refractivity contribution in [1.29, 1.82) is 0 Å². The van der Waals surface area contributed by atoms with Gasteiger partial charge < -0.3 is 0 Å². The number of thioether (sulfide) groups is 1. The van der Waals surface area contributed by atoms with Gasteiger partial charge in [0.1, 0.15) is 0 Å². The number of aryl methyl sites for hydroxylation is 1. The van der Waals surface area contributed by atoms with Crippen molar-refractivity contribution in [3.8, 4) is 0 Å². The van der Waals surface area contributed by atoms with Crippen molar-refractivity contribution in [2.24, 2.45) is 0 Å². The zero-order valence-corrected chi connectivity index (χ0v) is 8.97. The van der Waals surface area contributed by atoms with Gasteiger partial charge in [-0.05, 0) is 18.2 Å². The number of thiocarbonyl (C=S) groups is 1. The quantitative estimate of drug-likeness (QED) is 0.665. The molecule has 0 amide bonds. The van der Waals surface area contributed by atoms with Crippen LogP contribution < -0.4 is 0 Å². The highest BCUT2D eigenvalue weighted by Crippen LogP contribution is 2.13. The van der Waals surface area contributed by atoms with Crippen LogP contribution in [0.3, 0.4) is 0 Å². The van der Waals surface area contributed by atoms with E-state index < -0.39 is 0 Å². The molecule has 0 heterocycles. The molecule has 1 aromatic carbocycles. The summed E-state index contributed by atoms with van der Waals surface area (Å²) in [4.78, 5) is 0. The third-order valence-electron chi connectivity index (χ3n) is 1.56. The second kappa shape index (κ2) is 4.63. The third kappa shape index (κ3) is 2.61. The molecule has 0 fully saturated rings. The fraction of sp³-hybridized carbons (Fsp3) is 0.300. The van der Waals surface area contributed by atoms with Gasteiger partial charge >= 0.3 is 0 Å². The highest BCUT2D eigenvalue weighted by molar-refractivity contribution is 8.23. The summed E-state index contributed by atoms with van der Waals surface area (Å²) in [7, 11) is 0. The molecule has 0 saturated carbocycles. The van der Waals surface area contributed by atoms with Crippen molar-refractivity contribution >= 4 is 28.2 Å². The maximum Gasteiger partial charge on any atom is 0.0778 e. The SMILES string of the molecule is CCSC(=S)c1ccc(C)cc1. The van der Waals surface area contributed by atoms with Gasteiger partial charge in [-0.2, -0.15) is 0 Å². The molecule has 0 spiro atoms. The second-order valence-corrected chi connectivity index (χ2v) is 4.53. The topological polar surface area (TPSA) is 0 Å². The van der Waals surface area contributed by atoms with E-state index in [2.05, 4.69) is 38.1 Å². The van der Waals surface area contributed by atoms with Crippen LogP contribution in [0.4, 0.5) is 0 Å². The molecule has 12 heavy (non-hydrogen) atoms. The average molecular weight is 196 g/mol. The summed E-state index contributed by atoms with van der Waals surface area (Å²) in [5.74, 6) is 1.05. The van der Waals surface area contributed by atoms with Crippen molar-refractivity contribution in [3.05, 3.63) is 35.4 Å². The van der Waals surface area contributed by atoms with Crippen molar-refractivity contribution in [2.75, 3.05) is 5.75 Å². The molecule has 0 aliphatic rings. The van der Waals surface area contributed by atoms with Crippen LogP contribution in [-0.4, -0.2) is 9.95 Å². The molecule has 0 aliphatic heterocycles. The number of hydrogen-bond acceptors (Lipinski definition) is 2. The molecule has 0 nitrogen and oxygen atoms in total. The molecule has 0 bridgehead atoms. The summed E-state index contributed by atoms with van der Waals surface area (Å²) in [6.07, 6.45) is 0. The zero-order valence-electron chi connectivity index (χ0n) is 7.33. The van der Waals surface area contributed by atoms with E-state index in [1.807, 2.05) is 0 Å². The smallest absolute Gasteiger partial charge is 0.0778 e. The molecule has 1 aromatic rings. The normalized spacial score (nSPS) is 9.83. The van der Waals surface area contributed by atoms with Crippen LogP contribution >= 0.6 is 24.0 Å². The Morgan fingerprint density at radius 3 is 2.42 bits per heavy atom. The van der Waals surface area contributed by atoms with E-state index in [1.54, 1.807) is 11.8 Å². The first-order valence-corrected chi connectivity index (χ1v) is 5.37. The summed E-state index contributed by atoms with van der Waals surface area (Å²) >= 11 is 6.95. The minimum atomic E-state index is 0.998. The summed E-state index contributed by atoms with van der Waals surface area (Å²) < 4.78 is 0.998. The lowest BCUT2D eigenvalue weighted by atomic mass is 10.2. The lowest BCUT2D eigenvalue weighted by molar-refractivity contribution is 1.47. The van der Waals surface area contributed by atoms with Crippen molar-refractivity contribution < 1.29 is 0 Å². The van der Waals surface area contributed by atoms with Crippen molar-refractivity contribution in [3.63, 3.8) is 0 Å². The van der Waals surface area contributed by atoms with E-state index >= 15 is 0 Å². The minimum Gasteiger partial charge on any atom is -0.114 e. The van der Waals surface area contributed by atoms with Crippen LogP contribution in [0.15, 0.2) is 24.3 Å². The van der Waals surface area contributed by atoms with E-state index in [9.17, 15) is 0 Å². The molecule has 0 atom stereocenters. The Hall–Kier alpha value is -0.340. The Balaban J connectivity index is 2.75. The van der Waals surface area contributed by atoms with E-state index in [0.29, 0.717) is 0 Å². The number of benzene rings is 1. The van der Waals surface area contributed by atoms with Gasteiger partial charge in [0.15, 0.2) is 0 Å². The van der Waals surface area contributed by atoms with Gasteiger partial charge in [-0.15, -0.1) is 11.8 Å². The molecule has 2 heteroatoms. The Kier molecular flexibility index (Phi) is 3.76. The van der Waals surface area contributed by atoms with E-state index in [-0.39, 0.29) is 0 Å². The first kappa shape index (κ1) is 9.75. The van der Waals surface area contributed by atoms with Crippen LogP contribution in [0.25, 0.3) is 0 Å². The lowest BCUT2D eigenvalue weighted by Crippen LogP contribution is -1.91. The van der Waals surface area contributed by atoms with Crippen LogP contribution in [0.1, 0.15) is 18.1 Å². The van der Waals surface area contributed by atoms with Gasteiger partial charge in [-0.1, -0.05) is 49.0 Å². The van der Waals surface area contributed by atoms with Crippen LogP contribution in [0, 0.1) is 6.92 Å². The van der Waals surface area contributed by atoms with Gasteiger partial charge in [0.05, 0.1) is 4.20 Å². The summed E-state index contributed by atoms with van der Waals surface area (Å²) in [6.45, 7) is 4.20. The standard InChI is InChI=1S/C10H12S2/c1-3-12-10(11)9-6-4-8(2)5-7-9/h4-7H,3H2,1-2H3. The first-order valence-electron chi connectivity index (χ1n) is 3.98. The molecule has 0 radical (unpaired) electrons. The predicted molar refractivity (Wildman–Crippen MR) is 61.0 cm³/mol. The largest absolute Gasteiger partial charge is 0.114 e. The van der Waals surface area contributed by atoms with E-state index in [1.165, 1.54) is 11.1 Å². The molecular weight excluding hydrogens is 184 g/mol. The molecule has 0 saturated heterocycles. The van der Waals surface area contributed by atoms with E-state index in [0.717, 1.165) is 9.95 Å². The highest BCUT2D eigenvalue weighted by Gasteiger charge is 1.98. The maximum absolute atomic E-state index is 5.23.